The van der Waals surface area contributed by atoms with Crippen molar-refractivity contribution in [3.8, 4) is 6.07 Å². The molecular weight excluding hydrogens is 272 g/mol. The number of hydrogen-bond acceptors (Lipinski definition) is 2. The van der Waals surface area contributed by atoms with E-state index in [4.69, 9.17) is 5.26 Å². The number of carbonyl (C=O) groups is 1. The van der Waals surface area contributed by atoms with Gasteiger partial charge in [0.2, 0.25) is 0 Å². The smallest absolute Gasteiger partial charge is 0.255 e. The Labute approximate surface area is 128 Å². The molecule has 1 amide bonds. The molecule has 0 unspecified atom stereocenters. The number of nitriles is 1. The molecule has 3 aromatic carbocycles. The van der Waals surface area contributed by atoms with Gasteiger partial charge in [0.05, 0.1) is 12.5 Å². The van der Waals surface area contributed by atoms with Crippen molar-refractivity contribution in [2.45, 2.75) is 6.42 Å². The van der Waals surface area contributed by atoms with E-state index in [9.17, 15) is 4.79 Å². The quantitative estimate of drug-likeness (QED) is 0.786. The van der Waals surface area contributed by atoms with Crippen LogP contribution in [0.25, 0.3) is 10.8 Å². The van der Waals surface area contributed by atoms with E-state index in [1.165, 1.54) is 0 Å². The number of nitrogens with zero attached hydrogens (tertiary/aromatic N) is 1. The molecule has 3 heteroatoms. The summed E-state index contributed by atoms with van der Waals surface area (Å²) >= 11 is 0. The SMILES string of the molecule is N#CCc1cccc(C(=O)Nc2ccc3ccccc3c2)c1. The van der Waals surface area contributed by atoms with Gasteiger partial charge in [0.25, 0.3) is 5.91 Å². The van der Waals surface area contributed by atoms with Gasteiger partial charge in [-0.3, -0.25) is 4.79 Å². The number of fused-ring (bicyclic) bond motifs is 1. The predicted molar refractivity (Wildman–Crippen MR) is 87.7 cm³/mol. The van der Waals surface area contributed by atoms with Crippen LogP contribution >= 0.6 is 0 Å². The number of rotatable bonds is 3. The summed E-state index contributed by atoms with van der Waals surface area (Å²) in [6.07, 6.45) is 0.303. The first-order chi connectivity index (χ1) is 10.8. The van der Waals surface area contributed by atoms with Gasteiger partial charge in [0.15, 0.2) is 0 Å². The van der Waals surface area contributed by atoms with E-state index >= 15 is 0 Å². The maximum Gasteiger partial charge on any atom is 0.255 e. The van der Waals surface area contributed by atoms with Crippen LogP contribution in [-0.4, -0.2) is 5.91 Å². The Bertz CT molecular complexity index is 878. The largest absolute Gasteiger partial charge is 0.322 e. The Morgan fingerprint density at radius 1 is 0.955 bits per heavy atom. The minimum Gasteiger partial charge on any atom is -0.322 e. The molecule has 0 aliphatic rings. The summed E-state index contributed by atoms with van der Waals surface area (Å²) in [5, 5.41) is 13.8. The van der Waals surface area contributed by atoms with Crippen LogP contribution < -0.4 is 5.32 Å². The first-order valence-electron chi connectivity index (χ1n) is 7.02. The van der Waals surface area contributed by atoms with Gasteiger partial charge in [-0.05, 0) is 40.6 Å². The fourth-order valence-electron chi connectivity index (χ4n) is 2.38. The lowest BCUT2D eigenvalue weighted by molar-refractivity contribution is 0.102. The third-order valence-corrected chi connectivity index (χ3v) is 3.48. The van der Waals surface area contributed by atoms with Crippen molar-refractivity contribution in [2.75, 3.05) is 5.32 Å². The van der Waals surface area contributed by atoms with Crippen molar-refractivity contribution in [1.82, 2.24) is 0 Å². The van der Waals surface area contributed by atoms with E-state index in [2.05, 4.69) is 11.4 Å². The molecule has 106 valence electrons. The van der Waals surface area contributed by atoms with Gasteiger partial charge >= 0.3 is 0 Å². The minimum atomic E-state index is -0.171. The Hall–Kier alpha value is -3.12. The lowest BCUT2D eigenvalue weighted by atomic mass is 10.1. The van der Waals surface area contributed by atoms with Crippen LogP contribution in [0.1, 0.15) is 15.9 Å². The van der Waals surface area contributed by atoms with Crippen LogP contribution in [0.3, 0.4) is 0 Å². The average Bonchev–Trinajstić information content (AvgIpc) is 2.55. The molecule has 0 spiro atoms. The highest BCUT2D eigenvalue weighted by atomic mass is 16.1. The molecule has 3 aromatic rings. The zero-order valence-electron chi connectivity index (χ0n) is 11.9. The van der Waals surface area contributed by atoms with Gasteiger partial charge in [0, 0.05) is 11.3 Å². The van der Waals surface area contributed by atoms with Crippen LogP contribution in [0, 0.1) is 11.3 Å². The van der Waals surface area contributed by atoms with Crippen molar-refractivity contribution in [1.29, 1.82) is 5.26 Å². The molecule has 0 saturated heterocycles. The summed E-state index contributed by atoms with van der Waals surface area (Å²) in [6, 6.07) is 23.0. The topological polar surface area (TPSA) is 52.9 Å². The van der Waals surface area contributed by atoms with Crippen molar-refractivity contribution in [3.63, 3.8) is 0 Å². The third-order valence-electron chi connectivity index (χ3n) is 3.48. The molecule has 1 N–H and O–H groups in total. The van der Waals surface area contributed by atoms with Crippen molar-refractivity contribution >= 4 is 22.4 Å². The summed E-state index contributed by atoms with van der Waals surface area (Å²) in [5.41, 5.74) is 2.16. The minimum absolute atomic E-state index is 0.171. The van der Waals surface area contributed by atoms with Crippen molar-refractivity contribution in [2.24, 2.45) is 0 Å². The maximum absolute atomic E-state index is 12.3. The zero-order chi connectivity index (χ0) is 15.4. The Kier molecular flexibility index (Phi) is 3.84. The second kappa shape index (κ2) is 6.11. The molecule has 0 heterocycles. The van der Waals surface area contributed by atoms with E-state index in [1.54, 1.807) is 18.2 Å². The van der Waals surface area contributed by atoms with Gasteiger partial charge in [-0.15, -0.1) is 0 Å². The lowest BCUT2D eigenvalue weighted by Crippen LogP contribution is -2.12. The Balaban J connectivity index is 1.83. The second-order valence-electron chi connectivity index (χ2n) is 5.05. The Morgan fingerprint density at radius 3 is 2.59 bits per heavy atom. The summed E-state index contributed by atoms with van der Waals surface area (Å²) in [7, 11) is 0. The third kappa shape index (κ3) is 2.97. The number of carbonyl (C=O) groups excluding carboxylic acids is 1. The highest BCUT2D eigenvalue weighted by Gasteiger charge is 2.07. The number of hydrogen-bond donors (Lipinski definition) is 1. The van der Waals surface area contributed by atoms with Crippen molar-refractivity contribution < 1.29 is 4.79 Å². The molecule has 0 aromatic heterocycles. The molecule has 0 aliphatic carbocycles. The van der Waals surface area contributed by atoms with Gasteiger partial charge in [-0.25, -0.2) is 0 Å². The lowest BCUT2D eigenvalue weighted by Gasteiger charge is -2.07. The fourth-order valence-corrected chi connectivity index (χ4v) is 2.38. The van der Waals surface area contributed by atoms with Gasteiger partial charge in [-0.1, -0.05) is 42.5 Å². The van der Waals surface area contributed by atoms with E-state index in [1.807, 2.05) is 48.5 Å². The first kappa shape index (κ1) is 13.8. The summed E-state index contributed by atoms with van der Waals surface area (Å²) in [4.78, 5) is 12.3. The molecule has 3 nitrogen and oxygen atoms in total. The predicted octanol–water partition coefficient (Wildman–Crippen LogP) is 4.16. The molecule has 3 rings (SSSR count). The fraction of sp³-hybridized carbons (Fsp3) is 0.0526. The van der Waals surface area contributed by atoms with Gasteiger partial charge < -0.3 is 5.32 Å². The molecular formula is C19H14N2O. The molecule has 0 aliphatic heterocycles. The van der Waals surface area contributed by atoms with E-state index < -0.39 is 0 Å². The van der Waals surface area contributed by atoms with Gasteiger partial charge in [0.1, 0.15) is 0 Å². The molecule has 22 heavy (non-hydrogen) atoms. The molecule has 0 saturated carbocycles. The summed E-state index contributed by atoms with van der Waals surface area (Å²) in [5.74, 6) is -0.171. The number of amides is 1. The molecule has 0 radical (unpaired) electrons. The zero-order valence-corrected chi connectivity index (χ0v) is 11.9. The van der Waals surface area contributed by atoms with Crippen LogP contribution in [0.2, 0.25) is 0 Å². The highest BCUT2D eigenvalue weighted by molar-refractivity contribution is 6.05. The summed E-state index contributed by atoms with van der Waals surface area (Å²) in [6.45, 7) is 0. The van der Waals surface area contributed by atoms with Crippen molar-refractivity contribution in [3.05, 3.63) is 77.9 Å². The van der Waals surface area contributed by atoms with E-state index in [0.717, 1.165) is 22.0 Å². The van der Waals surface area contributed by atoms with Crippen LogP contribution in [-0.2, 0) is 6.42 Å². The monoisotopic (exact) mass is 286 g/mol. The number of nitrogens with one attached hydrogen (secondary N) is 1. The highest BCUT2D eigenvalue weighted by Crippen LogP contribution is 2.19. The van der Waals surface area contributed by atoms with E-state index in [0.29, 0.717) is 12.0 Å². The first-order valence-corrected chi connectivity index (χ1v) is 7.02. The normalized spacial score (nSPS) is 10.1. The molecule has 0 bridgehead atoms. The standard InChI is InChI=1S/C19H14N2O/c20-11-10-14-4-3-7-17(12-14)19(22)21-18-9-8-15-5-1-2-6-16(15)13-18/h1-9,12-13H,10H2,(H,21,22). The van der Waals surface area contributed by atoms with Crippen LogP contribution in [0.5, 0.6) is 0 Å². The van der Waals surface area contributed by atoms with Crippen LogP contribution in [0.15, 0.2) is 66.7 Å². The molecule has 0 fully saturated rings. The second-order valence-corrected chi connectivity index (χ2v) is 5.05. The summed E-state index contributed by atoms with van der Waals surface area (Å²) < 4.78 is 0. The number of benzene rings is 3. The van der Waals surface area contributed by atoms with Crippen LogP contribution in [0.4, 0.5) is 5.69 Å². The molecule has 0 atom stereocenters. The van der Waals surface area contributed by atoms with Gasteiger partial charge in [-0.2, -0.15) is 5.26 Å². The average molecular weight is 286 g/mol. The maximum atomic E-state index is 12.3. The Morgan fingerprint density at radius 2 is 1.77 bits per heavy atom. The number of anilines is 1. The van der Waals surface area contributed by atoms with E-state index in [-0.39, 0.29) is 5.91 Å².